The van der Waals surface area contributed by atoms with Crippen molar-refractivity contribution in [1.82, 2.24) is 14.8 Å². The van der Waals surface area contributed by atoms with E-state index in [0.717, 1.165) is 23.6 Å². The maximum atomic E-state index is 11.8. The molecular formula is C22H18ClN5O3S3. The normalized spacial score (nSPS) is 11.6. The van der Waals surface area contributed by atoms with Crippen LogP contribution in [0.5, 0.6) is 5.75 Å². The fourth-order valence-corrected chi connectivity index (χ4v) is 4.37. The lowest BCUT2D eigenvalue weighted by Gasteiger charge is -2.17. The molecule has 5 N–H and O–H groups in total. The first-order valence-corrected chi connectivity index (χ1v) is 11.8. The van der Waals surface area contributed by atoms with Gasteiger partial charge in [0.25, 0.3) is 0 Å². The Balaban J connectivity index is 1.45. The predicted octanol–water partition coefficient (Wildman–Crippen LogP) is 6.54. The highest BCUT2D eigenvalue weighted by Crippen LogP contribution is 2.32. The van der Waals surface area contributed by atoms with E-state index in [4.69, 9.17) is 40.2 Å². The molecule has 1 unspecified atom stereocenters. The van der Waals surface area contributed by atoms with Crippen molar-refractivity contribution in [2.24, 2.45) is 0 Å². The van der Waals surface area contributed by atoms with Crippen molar-refractivity contribution < 1.29 is 14.1 Å². The number of carbonyl (C=O) groups is 1. The van der Waals surface area contributed by atoms with Crippen LogP contribution < -0.4 is 14.2 Å². The van der Waals surface area contributed by atoms with Crippen molar-refractivity contribution in [1.29, 1.82) is 0 Å². The van der Waals surface area contributed by atoms with Crippen molar-refractivity contribution in [2.75, 3.05) is 10.0 Å². The van der Waals surface area contributed by atoms with Crippen LogP contribution >= 0.6 is 48.3 Å². The average molecular weight is 532 g/mol. The molecule has 4 rings (SSSR count). The van der Waals surface area contributed by atoms with Gasteiger partial charge in [-0.3, -0.25) is 19.5 Å². The van der Waals surface area contributed by atoms with Crippen LogP contribution in [0, 0.1) is 9.54 Å². The molecule has 1 heterocycles. The predicted molar refractivity (Wildman–Crippen MR) is 140 cm³/mol. The monoisotopic (exact) mass is 531 g/mol. The zero-order chi connectivity index (χ0) is 24.1. The van der Waals surface area contributed by atoms with Gasteiger partial charge in [-0.25, -0.2) is 4.79 Å². The summed E-state index contributed by atoms with van der Waals surface area (Å²) in [5.74, 6) is -0.630. The van der Waals surface area contributed by atoms with E-state index < -0.39 is 12.0 Å². The molecule has 1 atom stereocenters. The summed E-state index contributed by atoms with van der Waals surface area (Å²) >= 11 is 17.8. The van der Waals surface area contributed by atoms with Gasteiger partial charge in [0.1, 0.15) is 0 Å². The molecule has 3 aromatic carbocycles. The van der Waals surface area contributed by atoms with Gasteiger partial charge in [0.05, 0.1) is 10.7 Å². The van der Waals surface area contributed by atoms with Crippen LogP contribution in [-0.4, -0.2) is 25.8 Å². The molecule has 4 aromatic rings. The third-order valence-corrected chi connectivity index (χ3v) is 6.16. The van der Waals surface area contributed by atoms with E-state index in [-0.39, 0.29) is 0 Å². The van der Waals surface area contributed by atoms with E-state index in [2.05, 4.69) is 20.2 Å². The van der Waals surface area contributed by atoms with E-state index in [1.54, 1.807) is 47.0 Å². The molecule has 0 aliphatic carbocycles. The van der Waals surface area contributed by atoms with Crippen LogP contribution in [0.3, 0.4) is 0 Å². The number of rotatable bonds is 9. The highest BCUT2D eigenvalue weighted by molar-refractivity contribution is 7.96. The number of nitrogens with one attached hydrogen (secondary N) is 4. The van der Waals surface area contributed by atoms with E-state index in [9.17, 15) is 9.90 Å². The first-order valence-electron chi connectivity index (χ1n) is 9.86. The highest BCUT2D eigenvalue weighted by atomic mass is 35.5. The number of benzene rings is 3. The van der Waals surface area contributed by atoms with Gasteiger partial charge in [-0.1, -0.05) is 48.0 Å². The maximum absolute atomic E-state index is 11.8. The van der Waals surface area contributed by atoms with Gasteiger partial charge in [0.15, 0.2) is 33.6 Å². The Bertz CT molecular complexity index is 1390. The van der Waals surface area contributed by atoms with Gasteiger partial charge < -0.3 is 14.6 Å². The molecule has 8 nitrogen and oxygen atoms in total. The van der Waals surface area contributed by atoms with Crippen LogP contribution in [0.25, 0.3) is 5.69 Å². The fourth-order valence-electron chi connectivity index (χ4n) is 3.12. The SMILES string of the molecule is O=C(O)C(Nc1ccc(Cl)c(OSNc2cccc(-n3c(=S)[nH][nH]c3=S)c2)c1)c1ccccc1. The van der Waals surface area contributed by atoms with Crippen molar-refractivity contribution >= 4 is 65.6 Å². The van der Waals surface area contributed by atoms with Crippen LogP contribution in [0.15, 0.2) is 72.8 Å². The van der Waals surface area contributed by atoms with E-state index >= 15 is 0 Å². The number of aromatic nitrogens is 3. The smallest absolute Gasteiger partial charge is 0.330 e. The number of H-pyrrole nitrogens is 2. The second-order valence-corrected chi connectivity index (χ2v) is 8.70. The largest absolute Gasteiger partial charge is 0.479 e. The lowest BCUT2D eigenvalue weighted by atomic mass is 10.1. The Morgan fingerprint density at radius 2 is 1.74 bits per heavy atom. The second-order valence-electron chi connectivity index (χ2n) is 6.99. The van der Waals surface area contributed by atoms with Crippen LogP contribution in [0.2, 0.25) is 5.02 Å². The zero-order valence-electron chi connectivity index (χ0n) is 17.3. The Morgan fingerprint density at radius 3 is 2.44 bits per heavy atom. The van der Waals surface area contributed by atoms with E-state index in [1.165, 1.54) is 0 Å². The third kappa shape index (κ3) is 5.62. The molecule has 12 heteroatoms. The minimum absolute atomic E-state index is 0.368. The van der Waals surface area contributed by atoms with Crippen molar-refractivity contribution in [3.05, 3.63) is 92.9 Å². The van der Waals surface area contributed by atoms with Gasteiger partial charge in [0, 0.05) is 17.4 Å². The minimum atomic E-state index is -0.998. The quantitative estimate of drug-likeness (QED) is 0.0941. The van der Waals surface area contributed by atoms with Gasteiger partial charge in [-0.05, 0) is 60.3 Å². The van der Waals surface area contributed by atoms with Gasteiger partial charge >= 0.3 is 5.97 Å². The summed E-state index contributed by atoms with van der Waals surface area (Å²) in [4.78, 5) is 11.8. The number of hydrogen-bond donors (Lipinski definition) is 5. The van der Waals surface area contributed by atoms with Gasteiger partial charge in [-0.15, -0.1) is 0 Å². The lowest BCUT2D eigenvalue weighted by Crippen LogP contribution is -2.20. The van der Waals surface area contributed by atoms with Crippen LogP contribution in [-0.2, 0) is 4.79 Å². The fraction of sp³-hybridized carbons (Fsp3) is 0.0455. The molecule has 174 valence electrons. The number of aliphatic carboxylic acids is 1. The Hall–Kier alpha value is -3.25. The number of carboxylic acid groups (broad SMARTS) is 1. The highest BCUT2D eigenvalue weighted by Gasteiger charge is 2.20. The Kier molecular flexibility index (Phi) is 7.58. The van der Waals surface area contributed by atoms with Crippen LogP contribution in [0.1, 0.15) is 11.6 Å². The number of hydrogen-bond acceptors (Lipinski definition) is 7. The van der Waals surface area contributed by atoms with Gasteiger partial charge in [0.2, 0.25) is 0 Å². The van der Waals surface area contributed by atoms with Crippen molar-refractivity contribution in [3.8, 4) is 11.4 Å². The molecule has 0 amide bonds. The number of carboxylic acids is 1. The molecule has 0 radical (unpaired) electrons. The second kappa shape index (κ2) is 10.8. The summed E-state index contributed by atoms with van der Waals surface area (Å²) in [7, 11) is 0. The molecule has 0 spiro atoms. The van der Waals surface area contributed by atoms with Crippen molar-refractivity contribution in [2.45, 2.75) is 6.04 Å². The molecule has 1 aromatic heterocycles. The lowest BCUT2D eigenvalue weighted by molar-refractivity contribution is -0.138. The Labute approximate surface area is 214 Å². The summed E-state index contributed by atoms with van der Waals surface area (Å²) in [6.45, 7) is 0. The van der Waals surface area contributed by atoms with E-state index in [0.29, 0.717) is 31.6 Å². The first kappa shape index (κ1) is 23.9. The molecule has 0 saturated carbocycles. The first-order chi connectivity index (χ1) is 16.4. The molecule has 34 heavy (non-hydrogen) atoms. The van der Waals surface area contributed by atoms with E-state index in [1.807, 2.05) is 30.3 Å². The minimum Gasteiger partial charge on any atom is -0.479 e. The zero-order valence-corrected chi connectivity index (χ0v) is 20.5. The third-order valence-electron chi connectivity index (χ3n) is 4.70. The van der Waals surface area contributed by atoms with Crippen molar-refractivity contribution in [3.63, 3.8) is 0 Å². The molecule has 0 fully saturated rings. The number of halogens is 1. The topological polar surface area (TPSA) is 107 Å². The summed E-state index contributed by atoms with van der Waals surface area (Å²) in [5.41, 5.74) is 2.71. The average Bonchev–Trinajstić information content (AvgIpc) is 3.17. The summed E-state index contributed by atoms with van der Waals surface area (Å²) in [6.07, 6.45) is 0. The summed E-state index contributed by atoms with van der Waals surface area (Å²) < 4.78 is 11.4. The maximum Gasteiger partial charge on any atom is 0.330 e. The standard InChI is InChI=1S/C22H18ClN5O3S3/c23-17-10-9-14(24-19(20(29)30)13-5-2-1-3-6-13)12-18(17)31-34-27-15-7-4-8-16(11-15)28-21(32)25-26-22(28)33/h1-12,19,24,27H,(H,25,32)(H,26,33)(H,29,30). The number of anilines is 2. The molecular weight excluding hydrogens is 514 g/mol. The molecule has 0 aliphatic heterocycles. The Morgan fingerprint density at radius 1 is 1.00 bits per heavy atom. The molecule has 0 bridgehead atoms. The van der Waals surface area contributed by atoms with Crippen LogP contribution in [0.4, 0.5) is 11.4 Å². The number of aromatic amines is 2. The van der Waals surface area contributed by atoms with Gasteiger partial charge in [-0.2, -0.15) is 0 Å². The molecule has 0 saturated heterocycles. The molecule has 0 aliphatic rings. The summed E-state index contributed by atoms with van der Waals surface area (Å²) in [5, 5.41) is 18.6. The summed E-state index contributed by atoms with van der Waals surface area (Å²) in [6, 6.07) is 20.4. The number of nitrogens with zero attached hydrogens (tertiary/aromatic N) is 1.